The molecule has 8 aliphatic rings. The first-order valence-electron chi connectivity index (χ1n) is 44.1. The highest BCUT2D eigenvalue weighted by molar-refractivity contribution is 6.31. The molecule has 0 bridgehead atoms. The van der Waals surface area contributed by atoms with E-state index in [1.165, 1.54) is 12.7 Å². The topological polar surface area (TPSA) is 436 Å². The number of hydrogen-bond donors (Lipinski definition) is 8. The third kappa shape index (κ3) is 24.6. The van der Waals surface area contributed by atoms with E-state index in [1.54, 1.807) is 42.5 Å². The highest BCUT2D eigenvalue weighted by Gasteiger charge is 2.48. The number of unbranched alkanes of at least 4 members (excludes halogenated alkanes) is 10. The Morgan fingerprint density at radius 1 is 0.516 bits per heavy atom. The first-order chi connectivity index (χ1) is 61.3. The van der Waals surface area contributed by atoms with Crippen molar-refractivity contribution in [1.82, 2.24) is 50.2 Å². The van der Waals surface area contributed by atoms with Crippen molar-refractivity contribution in [3.05, 3.63) is 169 Å². The highest BCUT2D eigenvalue weighted by Crippen LogP contribution is 2.45. The molecule has 4 aromatic carbocycles. The minimum absolute atomic E-state index is 0.0639. The molecule has 2 aromatic heterocycles. The number of aliphatic hydroxyl groups is 2. The van der Waals surface area contributed by atoms with Gasteiger partial charge in [-0.1, -0.05) is 131 Å². The van der Waals surface area contributed by atoms with Gasteiger partial charge in [0.15, 0.2) is 0 Å². The fraction of sp³-hybridized carbons (Fsp3) is 0.511. The molecule has 31 nitrogen and oxygen atoms in total. The van der Waals surface area contributed by atoms with Gasteiger partial charge in [0.05, 0.1) is 57.7 Å². The van der Waals surface area contributed by atoms with Gasteiger partial charge in [-0.25, -0.2) is 24.7 Å². The number of carbonyl (C=O) groups excluding carboxylic acids is 11. The van der Waals surface area contributed by atoms with E-state index in [0.29, 0.717) is 156 Å². The molecule has 36 heteroatoms. The van der Waals surface area contributed by atoms with Gasteiger partial charge in [-0.3, -0.25) is 78.0 Å². The van der Waals surface area contributed by atoms with Crippen molar-refractivity contribution in [3.8, 4) is 0 Å². The van der Waals surface area contributed by atoms with Gasteiger partial charge in [0, 0.05) is 118 Å². The number of carboxylic acid groups (broad SMARTS) is 2. The van der Waals surface area contributed by atoms with Gasteiger partial charge >= 0.3 is 18.1 Å². The lowest BCUT2D eigenvalue weighted by molar-refractivity contribution is -0.192. The summed E-state index contributed by atoms with van der Waals surface area (Å²) in [6, 6.07) is 23.2. The summed E-state index contributed by atoms with van der Waals surface area (Å²) in [5.41, 5.74) is 13.5. The minimum atomic E-state index is -5.08. The Hall–Kier alpha value is -11.2. The van der Waals surface area contributed by atoms with E-state index in [-0.39, 0.29) is 90.4 Å². The minimum Gasteiger partial charge on any atom is -0.481 e. The fourth-order valence-corrected chi connectivity index (χ4v) is 18.2. The van der Waals surface area contributed by atoms with Crippen LogP contribution in [0.2, 0.25) is 10.0 Å². The van der Waals surface area contributed by atoms with Crippen molar-refractivity contribution >= 4 is 117 Å². The molecule has 0 saturated carbocycles. The summed E-state index contributed by atoms with van der Waals surface area (Å²) in [7, 11) is 0. The van der Waals surface area contributed by atoms with E-state index in [9.17, 15) is 80.9 Å². The number of alkyl halides is 3. The third-order valence-electron chi connectivity index (χ3n) is 24.7. The van der Waals surface area contributed by atoms with Crippen LogP contribution < -0.4 is 31.5 Å². The van der Waals surface area contributed by atoms with Crippen molar-refractivity contribution in [3.63, 3.8) is 0 Å². The number of aromatic nitrogens is 4. The number of piperidine rings is 2. The number of hydrogen-bond acceptors (Lipinski definition) is 23. The number of carbonyl (C=O) groups is 13. The van der Waals surface area contributed by atoms with Crippen molar-refractivity contribution in [2.24, 2.45) is 5.73 Å². The monoisotopic (exact) mass is 1810 g/mol. The summed E-state index contributed by atoms with van der Waals surface area (Å²) in [6.45, 7) is 10.4. The molecule has 9 N–H and O–H groups in total. The summed E-state index contributed by atoms with van der Waals surface area (Å²) < 4.78 is 31.7. The number of aliphatic carboxylic acids is 2. The average molecular weight is 1810 g/mol. The summed E-state index contributed by atoms with van der Waals surface area (Å²) >= 11 is 12.2. The molecule has 2 unspecified atom stereocenters. The van der Waals surface area contributed by atoms with Crippen LogP contribution in [0.5, 0.6) is 0 Å². The number of amides is 10. The number of nitrogens with zero attached hydrogens (tertiary/aromatic N) is 10. The zero-order valence-electron chi connectivity index (χ0n) is 71.8. The van der Waals surface area contributed by atoms with Crippen molar-refractivity contribution < 1.29 is 95.9 Å². The third-order valence-corrected chi connectivity index (χ3v) is 25.2. The number of fused-ring (bicyclic) bond motifs is 4. The molecular formula is C92H111Cl2F3N14O17. The van der Waals surface area contributed by atoms with E-state index in [0.717, 1.165) is 132 Å². The molecule has 14 rings (SSSR count). The standard InChI is InChI=1S/C45H54ClN7O7.C25H31ClN4O4.C20H25N3O4.C2HF3O2/c1-28-26-36(55)40-38(28)41(49-27-48-40)51-22-24-52(25-23-51)43(58)32(29-15-17-30(46)18-16-29)12-7-6-11-31(54)10-5-3-2-4-8-21-47-34-14-9-13-33-39(34)45(60)53(44(33)59)35-19-20-37(56)50-42(35)57;1-16-14-20(31)23-22(16)24(28-15-27-23)29-10-12-30(13-11-29)25(34)19(4-2-3-5-21(32)33)17-6-8-18(26)9-7-17;21-12-5-3-1-2-4-7-13-8-6-9-14-17(13)20(27)23(19(14)26)15-10-11-16(24)22-18(15)25;3-2(4,5)1(6)7/h9,13-18,27-28,32,35-36,47,55H,2-8,10-12,19-26H2,1H3,(H,50,56,57);6-9,15-16,19-20,31H,2-5,10-14H2,1H3,(H,32,33);6,8-9,15H,1-5,7,10-12,21H2,(H,22,24,25);(H,6,7)/t28-,32-,35?,36-;16-,19-,20-;;/m11../s1. The summed E-state index contributed by atoms with van der Waals surface area (Å²) in [5, 5.41) is 45.8. The van der Waals surface area contributed by atoms with Gasteiger partial charge in [0.2, 0.25) is 35.4 Å². The normalized spacial score (nSPS) is 19.9. The Morgan fingerprint density at radius 2 is 0.930 bits per heavy atom. The number of aryl methyl sites for hydroxylation is 1. The number of imide groups is 4. The van der Waals surface area contributed by atoms with Crippen LogP contribution in [0.15, 0.2) is 97.6 Å². The number of Topliss-reactive ketones (excluding diaryl/α,β-unsaturated/α-hetero) is 1. The lowest BCUT2D eigenvalue weighted by atomic mass is 9.91. The van der Waals surface area contributed by atoms with E-state index >= 15 is 0 Å². The summed E-state index contributed by atoms with van der Waals surface area (Å²) in [6.07, 6.45) is 14.1. The molecule has 2 aliphatic carbocycles. The highest BCUT2D eigenvalue weighted by atomic mass is 35.5. The SMILES string of the molecule is C[C@@H]1C[C@@H](O)c2ncnc(N3CCN(C(=O)[C@H](CCCCC(=O)CCCCCCCNc4cccc5c4C(=O)N(C4CCC(=O)NC4=O)C5=O)c4ccc(Cl)cc4)CC3)c21.C[C@@H]1C[C@@H](O)c2ncnc(N3CCN(C(=O)[C@H](CCCCC(=O)O)c4ccc(Cl)cc4)CC3)c21.NCCCCCCCc1cccc2c1C(=O)N(C1CCC(=O)NC1=O)C2=O.O=C(O)C(F)(F)F. The molecule has 8 atom stereocenters. The van der Waals surface area contributed by atoms with Crippen LogP contribution in [0.4, 0.5) is 30.5 Å². The van der Waals surface area contributed by atoms with Crippen molar-refractivity contribution in [2.75, 3.05) is 80.6 Å². The number of anilines is 3. The number of benzene rings is 4. The Kier molecular flexibility index (Phi) is 34.8. The predicted octanol–water partition coefficient (Wildman–Crippen LogP) is 12.0. The maximum absolute atomic E-state index is 14.0. The van der Waals surface area contributed by atoms with Gasteiger partial charge in [-0.2, -0.15) is 13.2 Å². The number of ketones is 1. The van der Waals surface area contributed by atoms with Gasteiger partial charge in [0.1, 0.15) is 42.2 Å². The van der Waals surface area contributed by atoms with Crippen LogP contribution >= 0.6 is 23.2 Å². The van der Waals surface area contributed by atoms with E-state index in [4.69, 9.17) is 43.9 Å². The molecule has 6 aromatic rings. The number of halogens is 5. The van der Waals surface area contributed by atoms with Crippen LogP contribution in [-0.2, 0) is 49.6 Å². The second-order valence-electron chi connectivity index (χ2n) is 33.6. The van der Waals surface area contributed by atoms with Crippen LogP contribution in [0.1, 0.15) is 291 Å². The maximum atomic E-state index is 14.0. The lowest BCUT2D eigenvalue weighted by Gasteiger charge is -2.38. The van der Waals surface area contributed by atoms with Crippen molar-refractivity contribution in [2.45, 2.75) is 235 Å². The molecule has 4 saturated heterocycles. The van der Waals surface area contributed by atoms with Gasteiger partial charge < -0.3 is 51.1 Å². The second kappa shape index (κ2) is 45.7. The first kappa shape index (κ1) is 97.4. The molecular weight excluding hydrogens is 1700 g/mol. The number of aliphatic hydroxyl groups excluding tert-OH is 2. The molecule has 686 valence electrons. The number of piperazine rings is 2. The average Bonchev–Trinajstić information content (AvgIpc) is 1.12. The van der Waals surface area contributed by atoms with E-state index in [1.807, 2.05) is 52.3 Å². The fourth-order valence-electron chi connectivity index (χ4n) is 17.9. The molecule has 4 fully saturated rings. The Bertz CT molecular complexity index is 5030. The molecule has 6 aliphatic heterocycles. The maximum Gasteiger partial charge on any atom is 0.490 e. The Morgan fingerprint density at radius 3 is 1.38 bits per heavy atom. The Balaban J connectivity index is 0.000000196. The molecule has 8 heterocycles. The summed E-state index contributed by atoms with van der Waals surface area (Å²) in [5.74, 6) is -5.67. The number of nitrogens with one attached hydrogen (secondary N) is 3. The Labute approximate surface area is 749 Å². The predicted molar refractivity (Wildman–Crippen MR) is 468 cm³/mol. The smallest absolute Gasteiger partial charge is 0.481 e. The number of nitrogens with two attached hydrogens (primary N) is 1. The summed E-state index contributed by atoms with van der Waals surface area (Å²) in [4.78, 5) is 188. The molecule has 10 amide bonds. The van der Waals surface area contributed by atoms with Crippen LogP contribution in [0.25, 0.3) is 0 Å². The lowest BCUT2D eigenvalue weighted by Crippen LogP contribution is -2.54. The zero-order chi connectivity index (χ0) is 92.0. The molecule has 0 spiro atoms. The second-order valence-corrected chi connectivity index (χ2v) is 34.4. The van der Waals surface area contributed by atoms with Crippen LogP contribution in [0.3, 0.4) is 0 Å². The van der Waals surface area contributed by atoms with Crippen LogP contribution in [-0.4, -0.2) is 220 Å². The number of carboxylic acids is 2. The number of rotatable bonds is 34. The quantitative estimate of drug-likeness (QED) is 0.0137. The van der Waals surface area contributed by atoms with E-state index < -0.39 is 83.8 Å². The molecule has 128 heavy (non-hydrogen) atoms. The van der Waals surface area contributed by atoms with E-state index in [2.05, 4.69) is 59.5 Å². The van der Waals surface area contributed by atoms with Crippen LogP contribution in [0, 0.1) is 0 Å². The zero-order valence-corrected chi connectivity index (χ0v) is 73.4. The van der Waals surface area contributed by atoms with Gasteiger partial charge in [0.25, 0.3) is 23.6 Å². The molecule has 0 radical (unpaired) electrons. The first-order valence-corrected chi connectivity index (χ1v) is 44.9. The van der Waals surface area contributed by atoms with Gasteiger partial charge in [-0.15, -0.1) is 0 Å². The largest absolute Gasteiger partial charge is 0.490 e. The van der Waals surface area contributed by atoms with Crippen molar-refractivity contribution in [1.29, 1.82) is 0 Å². The van der Waals surface area contributed by atoms with Gasteiger partial charge in [-0.05, 0) is 161 Å².